The third-order valence-corrected chi connectivity index (χ3v) is 3.41. The lowest BCUT2D eigenvalue weighted by molar-refractivity contribution is -0.384. The third kappa shape index (κ3) is 5.15. The summed E-state index contributed by atoms with van der Waals surface area (Å²) in [4.78, 5) is 33.8. The van der Waals surface area contributed by atoms with Crippen LogP contribution in [0.25, 0.3) is 0 Å². The molecule has 0 unspecified atom stereocenters. The van der Waals surface area contributed by atoms with E-state index in [2.05, 4.69) is 10.6 Å². The first kappa shape index (κ1) is 18.1. The summed E-state index contributed by atoms with van der Waals surface area (Å²) < 4.78 is 5.09. The van der Waals surface area contributed by atoms with E-state index in [1.165, 1.54) is 18.4 Å². The summed E-state index contributed by atoms with van der Waals surface area (Å²) >= 11 is 0. The van der Waals surface area contributed by atoms with E-state index in [9.17, 15) is 24.8 Å². The molecule has 9 heteroatoms. The first-order valence-electron chi connectivity index (χ1n) is 7.40. The fourth-order valence-electron chi connectivity index (χ4n) is 2.17. The van der Waals surface area contributed by atoms with Crippen molar-refractivity contribution in [2.24, 2.45) is 0 Å². The van der Waals surface area contributed by atoms with Crippen LogP contribution < -0.4 is 10.6 Å². The zero-order valence-electron chi connectivity index (χ0n) is 13.4. The van der Waals surface area contributed by atoms with Gasteiger partial charge in [-0.3, -0.25) is 25.0 Å². The highest BCUT2D eigenvalue weighted by atomic mass is 16.6. The molecule has 0 bridgehead atoms. The monoisotopic (exact) mass is 347 g/mol. The van der Waals surface area contributed by atoms with Crippen LogP contribution in [0.4, 0.5) is 11.4 Å². The number of benzene rings is 1. The van der Waals surface area contributed by atoms with Gasteiger partial charge in [-0.15, -0.1) is 0 Å². The second kappa shape index (κ2) is 8.06. The van der Waals surface area contributed by atoms with Crippen LogP contribution in [0.3, 0.4) is 0 Å². The van der Waals surface area contributed by atoms with E-state index in [1.807, 2.05) is 0 Å². The molecule has 25 heavy (non-hydrogen) atoms. The van der Waals surface area contributed by atoms with Gasteiger partial charge in [-0.25, -0.2) is 0 Å². The van der Waals surface area contributed by atoms with E-state index in [4.69, 9.17) is 4.42 Å². The number of nitrogens with zero attached hydrogens (tertiary/aromatic N) is 1. The van der Waals surface area contributed by atoms with Crippen molar-refractivity contribution in [1.82, 2.24) is 5.32 Å². The first-order chi connectivity index (χ1) is 11.9. The van der Waals surface area contributed by atoms with Crippen molar-refractivity contribution in [3.8, 4) is 0 Å². The maximum atomic E-state index is 12.1. The maximum absolute atomic E-state index is 12.1. The van der Waals surface area contributed by atoms with Gasteiger partial charge < -0.3 is 14.8 Å². The van der Waals surface area contributed by atoms with Gasteiger partial charge in [0.2, 0.25) is 5.91 Å². The van der Waals surface area contributed by atoms with Gasteiger partial charge >= 0.3 is 5.97 Å². The molecule has 0 spiro atoms. The molecule has 1 aromatic heterocycles. The molecule has 3 N–H and O–H groups in total. The Labute approximate surface area is 142 Å². The average molecular weight is 347 g/mol. The van der Waals surface area contributed by atoms with Gasteiger partial charge in [0, 0.05) is 6.07 Å². The number of nitro benzene ring substituents is 1. The summed E-state index contributed by atoms with van der Waals surface area (Å²) in [5.74, 6) is -1.33. The van der Waals surface area contributed by atoms with Crippen LogP contribution in [0.5, 0.6) is 0 Å². The Morgan fingerprint density at radius 2 is 2.12 bits per heavy atom. The minimum Gasteiger partial charge on any atom is -0.480 e. The Kier molecular flexibility index (Phi) is 5.85. The molecule has 9 nitrogen and oxygen atoms in total. The highest BCUT2D eigenvalue weighted by molar-refractivity contribution is 5.95. The van der Waals surface area contributed by atoms with Crippen molar-refractivity contribution in [2.45, 2.75) is 25.9 Å². The Hall–Kier alpha value is -3.20. The second-order valence-electron chi connectivity index (χ2n) is 5.38. The fourth-order valence-corrected chi connectivity index (χ4v) is 2.17. The summed E-state index contributed by atoms with van der Waals surface area (Å²) in [7, 11) is 0. The van der Waals surface area contributed by atoms with E-state index in [1.54, 1.807) is 25.1 Å². The van der Waals surface area contributed by atoms with E-state index >= 15 is 0 Å². The molecule has 1 aromatic carbocycles. The van der Waals surface area contributed by atoms with Gasteiger partial charge in [0.25, 0.3) is 5.69 Å². The van der Waals surface area contributed by atoms with Gasteiger partial charge in [-0.2, -0.15) is 0 Å². The summed E-state index contributed by atoms with van der Waals surface area (Å²) in [6.45, 7) is 1.83. The Morgan fingerprint density at radius 1 is 1.36 bits per heavy atom. The minimum absolute atomic E-state index is 0.0239. The number of anilines is 1. The lowest BCUT2D eigenvalue weighted by Crippen LogP contribution is -2.39. The minimum atomic E-state index is -1.21. The average Bonchev–Trinajstić information content (AvgIpc) is 3.06. The Balaban J connectivity index is 2.01. The number of carbonyl (C=O) groups is 2. The van der Waals surface area contributed by atoms with E-state index in [0.29, 0.717) is 11.3 Å². The number of aryl methyl sites for hydroxylation is 1. The smallest absolute Gasteiger partial charge is 0.321 e. The number of furan rings is 1. The van der Waals surface area contributed by atoms with Crippen LogP contribution in [-0.4, -0.2) is 27.9 Å². The summed E-state index contributed by atoms with van der Waals surface area (Å²) in [5.41, 5.74) is 0.452. The molecule has 0 fully saturated rings. The molecule has 132 valence electrons. The molecule has 1 heterocycles. The SMILES string of the molecule is Cc1ccc(NC(=O)C[C@H](NCc2ccco2)C(=O)O)c([N+](=O)[O-])c1. The fraction of sp³-hybridized carbons (Fsp3) is 0.250. The van der Waals surface area contributed by atoms with Gasteiger partial charge in [0.05, 0.1) is 24.2 Å². The second-order valence-corrected chi connectivity index (χ2v) is 5.38. The van der Waals surface area contributed by atoms with E-state index in [0.717, 1.165) is 0 Å². The molecule has 0 saturated heterocycles. The van der Waals surface area contributed by atoms with Crippen molar-refractivity contribution in [3.05, 3.63) is 58.0 Å². The molecular weight excluding hydrogens is 330 g/mol. The normalized spacial score (nSPS) is 11.7. The highest BCUT2D eigenvalue weighted by Gasteiger charge is 2.23. The first-order valence-corrected chi connectivity index (χ1v) is 7.40. The van der Waals surface area contributed by atoms with Crippen molar-refractivity contribution in [2.75, 3.05) is 5.32 Å². The number of carboxylic acids is 1. The molecule has 1 atom stereocenters. The molecular formula is C16H17N3O6. The van der Waals surface area contributed by atoms with Gasteiger partial charge in [0.15, 0.2) is 0 Å². The topological polar surface area (TPSA) is 135 Å². The number of carboxylic acid groups (broad SMARTS) is 1. The van der Waals surface area contributed by atoms with Gasteiger partial charge in [-0.1, -0.05) is 6.07 Å². The third-order valence-electron chi connectivity index (χ3n) is 3.41. The zero-order chi connectivity index (χ0) is 18.4. The molecule has 1 amide bonds. The van der Waals surface area contributed by atoms with Crippen molar-refractivity contribution < 1.29 is 24.0 Å². The van der Waals surface area contributed by atoms with Crippen molar-refractivity contribution in [3.63, 3.8) is 0 Å². The van der Waals surface area contributed by atoms with Crippen molar-refractivity contribution in [1.29, 1.82) is 0 Å². The number of hydrogen-bond acceptors (Lipinski definition) is 6. The molecule has 2 aromatic rings. The molecule has 0 aliphatic carbocycles. The Bertz CT molecular complexity index is 772. The van der Waals surface area contributed by atoms with Crippen LogP contribution in [-0.2, 0) is 16.1 Å². The number of rotatable bonds is 8. The molecule has 0 aliphatic heterocycles. The summed E-state index contributed by atoms with van der Waals surface area (Å²) in [6.07, 6.45) is 1.07. The number of hydrogen-bond donors (Lipinski definition) is 3. The van der Waals surface area contributed by atoms with Crippen LogP contribution in [0, 0.1) is 17.0 Å². The summed E-state index contributed by atoms with van der Waals surface area (Å²) in [6, 6.07) is 6.54. The number of nitro groups is 1. The van der Waals surface area contributed by atoms with Crippen LogP contribution in [0.1, 0.15) is 17.7 Å². The van der Waals surface area contributed by atoms with Gasteiger partial charge in [-0.05, 0) is 30.7 Å². The lowest BCUT2D eigenvalue weighted by Gasteiger charge is -2.13. The van der Waals surface area contributed by atoms with E-state index < -0.39 is 22.8 Å². The lowest BCUT2D eigenvalue weighted by atomic mass is 10.1. The summed E-state index contributed by atoms with van der Waals surface area (Å²) in [5, 5.41) is 25.4. The van der Waals surface area contributed by atoms with Crippen LogP contribution in [0.15, 0.2) is 41.0 Å². The number of amides is 1. The molecule has 0 radical (unpaired) electrons. The molecule has 2 rings (SSSR count). The van der Waals surface area contributed by atoms with Crippen molar-refractivity contribution >= 4 is 23.3 Å². The number of carbonyl (C=O) groups excluding carboxylic acids is 1. The molecule has 0 aliphatic rings. The standard InChI is InChI=1S/C16H17N3O6/c1-10-4-5-12(14(7-10)19(23)24)18-15(20)8-13(16(21)22)17-9-11-3-2-6-25-11/h2-7,13,17H,8-9H2,1H3,(H,18,20)(H,21,22)/t13-/m0/s1. The van der Waals surface area contributed by atoms with Crippen LogP contribution >= 0.6 is 0 Å². The largest absolute Gasteiger partial charge is 0.480 e. The predicted octanol–water partition coefficient (Wildman–Crippen LogP) is 2.07. The van der Waals surface area contributed by atoms with Gasteiger partial charge in [0.1, 0.15) is 17.5 Å². The maximum Gasteiger partial charge on any atom is 0.321 e. The number of nitrogens with one attached hydrogen (secondary N) is 2. The number of aliphatic carboxylic acids is 1. The molecule has 0 saturated carbocycles. The van der Waals surface area contributed by atoms with Crippen LogP contribution in [0.2, 0.25) is 0 Å². The highest BCUT2D eigenvalue weighted by Crippen LogP contribution is 2.25. The predicted molar refractivity (Wildman–Crippen MR) is 88.1 cm³/mol. The Morgan fingerprint density at radius 3 is 2.72 bits per heavy atom. The zero-order valence-corrected chi connectivity index (χ0v) is 13.4. The quantitative estimate of drug-likeness (QED) is 0.491. The van der Waals surface area contributed by atoms with E-state index in [-0.39, 0.29) is 24.3 Å².